The van der Waals surface area contributed by atoms with Crippen molar-refractivity contribution in [3.63, 3.8) is 0 Å². The molecule has 0 saturated heterocycles. The number of benzene rings is 1. The lowest BCUT2D eigenvalue weighted by Gasteiger charge is -2.14. The van der Waals surface area contributed by atoms with Crippen LogP contribution in [0.2, 0.25) is 0 Å². The Morgan fingerprint density at radius 2 is 1.86 bits per heavy atom. The van der Waals surface area contributed by atoms with Crippen molar-refractivity contribution >= 4 is 27.6 Å². The van der Waals surface area contributed by atoms with E-state index in [4.69, 9.17) is 0 Å². The van der Waals surface area contributed by atoms with Gasteiger partial charge in [-0.1, -0.05) is 12.1 Å². The maximum Gasteiger partial charge on any atom is 0.296 e. The molecule has 21 heavy (non-hydrogen) atoms. The van der Waals surface area contributed by atoms with Crippen LogP contribution in [-0.4, -0.2) is 37.0 Å². The number of aryl methyl sites for hydroxylation is 1. The van der Waals surface area contributed by atoms with Crippen molar-refractivity contribution in [2.75, 3.05) is 24.3 Å². The highest BCUT2D eigenvalue weighted by molar-refractivity contribution is 7.86. The summed E-state index contributed by atoms with van der Waals surface area (Å²) in [5, 5.41) is 2.90. The normalized spacial score (nSPS) is 11.2. The number of hydrogen-bond donors (Lipinski definition) is 2. The molecule has 1 heterocycles. The van der Waals surface area contributed by atoms with Crippen LogP contribution in [-0.2, 0) is 10.1 Å². The number of nitrogens with one attached hydrogen (secondary N) is 1. The standard InChI is InChI=1S/C13H16N4O3S/c1-9-8-12(16-13(14-9)17(2)3)15-10-6-4-5-7-11(10)21(18,19)20/h4-8H,1-3H3,(H,14,15,16)(H,18,19,20). The third-order valence-electron chi connectivity index (χ3n) is 2.67. The quantitative estimate of drug-likeness (QED) is 0.832. The number of nitrogens with zero attached hydrogens (tertiary/aromatic N) is 3. The Kier molecular flexibility index (Phi) is 4.10. The molecule has 0 fully saturated rings. The largest absolute Gasteiger partial charge is 0.347 e. The zero-order chi connectivity index (χ0) is 15.6. The van der Waals surface area contributed by atoms with Gasteiger partial charge in [-0.25, -0.2) is 4.98 Å². The van der Waals surface area contributed by atoms with Gasteiger partial charge >= 0.3 is 0 Å². The first-order valence-corrected chi connectivity index (χ1v) is 7.58. The molecule has 0 aliphatic rings. The van der Waals surface area contributed by atoms with Gasteiger partial charge in [-0.2, -0.15) is 13.4 Å². The zero-order valence-electron chi connectivity index (χ0n) is 11.9. The third-order valence-corrected chi connectivity index (χ3v) is 3.58. The van der Waals surface area contributed by atoms with Crippen molar-refractivity contribution < 1.29 is 13.0 Å². The summed E-state index contributed by atoms with van der Waals surface area (Å²) in [6.07, 6.45) is 0. The van der Waals surface area contributed by atoms with Crippen molar-refractivity contribution in [1.29, 1.82) is 0 Å². The first-order chi connectivity index (χ1) is 9.77. The van der Waals surface area contributed by atoms with E-state index in [0.29, 0.717) is 11.8 Å². The van der Waals surface area contributed by atoms with Gasteiger partial charge in [0, 0.05) is 25.9 Å². The van der Waals surface area contributed by atoms with Crippen LogP contribution < -0.4 is 10.2 Å². The number of para-hydroxylation sites is 1. The van der Waals surface area contributed by atoms with E-state index in [9.17, 15) is 13.0 Å². The van der Waals surface area contributed by atoms with E-state index in [0.717, 1.165) is 5.69 Å². The first-order valence-electron chi connectivity index (χ1n) is 6.14. The average Bonchev–Trinajstić information content (AvgIpc) is 2.37. The lowest BCUT2D eigenvalue weighted by molar-refractivity contribution is 0.483. The van der Waals surface area contributed by atoms with E-state index in [-0.39, 0.29) is 10.6 Å². The van der Waals surface area contributed by atoms with Gasteiger partial charge in [-0.15, -0.1) is 0 Å². The lowest BCUT2D eigenvalue weighted by atomic mass is 10.3. The molecular formula is C13H16N4O3S. The van der Waals surface area contributed by atoms with Crippen molar-refractivity contribution in [2.45, 2.75) is 11.8 Å². The SMILES string of the molecule is Cc1cc(Nc2ccccc2S(=O)(=O)O)nc(N(C)C)n1. The van der Waals surface area contributed by atoms with Gasteiger partial charge in [-0.3, -0.25) is 4.55 Å². The highest BCUT2D eigenvalue weighted by atomic mass is 32.2. The summed E-state index contributed by atoms with van der Waals surface area (Å²) < 4.78 is 32.0. The van der Waals surface area contributed by atoms with Crippen LogP contribution in [0.4, 0.5) is 17.5 Å². The lowest BCUT2D eigenvalue weighted by Crippen LogP contribution is -2.14. The highest BCUT2D eigenvalue weighted by Gasteiger charge is 2.15. The fraction of sp³-hybridized carbons (Fsp3) is 0.231. The molecule has 0 aliphatic carbocycles. The molecule has 7 nitrogen and oxygen atoms in total. The average molecular weight is 308 g/mol. The fourth-order valence-electron chi connectivity index (χ4n) is 1.75. The van der Waals surface area contributed by atoms with Gasteiger partial charge in [0.2, 0.25) is 5.95 Å². The summed E-state index contributed by atoms with van der Waals surface area (Å²) >= 11 is 0. The molecule has 0 bridgehead atoms. The van der Waals surface area contributed by atoms with Crippen LogP contribution in [0, 0.1) is 6.92 Å². The molecule has 0 aliphatic heterocycles. The minimum atomic E-state index is -4.31. The van der Waals surface area contributed by atoms with E-state index in [2.05, 4.69) is 15.3 Å². The molecule has 0 unspecified atom stereocenters. The van der Waals surface area contributed by atoms with E-state index < -0.39 is 10.1 Å². The Hall–Kier alpha value is -2.19. The van der Waals surface area contributed by atoms with Crippen LogP contribution >= 0.6 is 0 Å². The predicted molar refractivity (Wildman–Crippen MR) is 80.6 cm³/mol. The molecule has 1 aromatic carbocycles. The number of rotatable bonds is 4. The first kappa shape index (κ1) is 15.2. The number of anilines is 3. The molecule has 0 atom stereocenters. The van der Waals surface area contributed by atoms with Gasteiger partial charge in [0.15, 0.2) is 0 Å². The summed E-state index contributed by atoms with van der Waals surface area (Å²) in [6, 6.07) is 7.75. The second-order valence-corrected chi connectivity index (χ2v) is 6.08. The van der Waals surface area contributed by atoms with Gasteiger partial charge < -0.3 is 10.2 Å². The molecule has 0 amide bonds. The Morgan fingerprint density at radius 3 is 2.48 bits per heavy atom. The second kappa shape index (κ2) is 5.66. The van der Waals surface area contributed by atoms with E-state index in [1.165, 1.54) is 12.1 Å². The smallest absolute Gasteiger partial charge is 0.296 e. The molecule has 8 heteroatoms. The van der Waals surface area contributed by atoms with Crippen LogP contribution in [0.25, 0.3) is 0 Å². The third kappa shape index (κ3) is 3.67. The maximum atomic E-state index is 11.4. The van der Waals surface area contributed by atoms with Gasteiger partial charge in [0.1, 0.15) is 10.7 Å². The van der Waals surface area contributed by atoms with Gasteiger partial charge in [0.25, 0.3) is 10.1 Å². The summed E-state index contributed by atoms with van der Waals surface area (Å²) in [5.41, 5.74) is 0.989. The van der Waals surface area contributed by atoms with E-state index >= 15 is 0 Å². The van der Waals surface area contributed by atoms with Crippen molar-refractivity contribution in [2.24, 2.45) is 0 Å². The summed E-state index contributed by atoms with van der Waals surface area (Å²) in [6.45, 7) is 1.81. The van der Waals surface area contributed by atoms with Crippen molar-refractivity contribution in [1.82, 2.24) is 9.97 Å². The second-order valence-electron chi connectivity index (χ2n) is 4.69. The summed E-state index contributed by atoms with van der Waals surface area (Å²) in [4.78, 5) is 10.1. The Bertz CT molecular complexity index is 760. The molecule has 2 aromatic rings. The summed E-state index contributed by atoms with van der Waals surface area (Å²) in [7, 11) is -0.686. The number of aromatic nitrogens is 2. The van der Waals surface area contributed by atoms with E-state index in [1.54, 1.807) is 23.1 Å². The molecule has 1 aromatic heterocycles. The van der Waals surface area contributed by atoms with Gasteiger partial charge in [0.05, 0.1) is 5.69 Å². The molecule has 0 saturated carbocycles. The Balaban J connectivity index is 2.44. The molecule has 0 spiro atoms. The minimum absolute atomic E-state index is 0.201. The Labute approximate surface area is 123 Å². The van der Waals surface area contributed by atoms with Crippen LogP contribution in [0.15, 0.2) is 35.2 Å². The predicted octanol–water partition coefficient (Wildman–Crippen LogP) is 1.84. The molecular weight excluding hydrogens is 292 g/mol. The topological polar surface area (TPSA) is 95.4 Å². The number of hydrogen-bond acceptors (Lipinski definition) is 6. The van der Waals surface area contributed by atoms with Crippen LogP contribution in [0.3, 0.4) is 0 Å². The highest BCUT2D eigenvalue weighted by Crippen LogP contribution is 2.24. The molecule has 2 rings (SSSR count). The minimum Gasteiger partial charge on any atom is -0.347 e. The molecule has 0 radical (unpaired) electrons. The van der Waals surface area contributed by atoms with Crippen LogP contribution in [0.5, 0.6) is 0 Å². The zero-order valence-corrected chi connectivity index (χ0v) is 12.7. The Morgan fingerprint density at radius 1 is 1.19 bits per heavy atom. The monoisotopic (exact) mass is 308 g/mol. The fourth-order valence-corrected chi connectivity index (χ4v) is 2.40. The van der Waals surface area contributed by atoms with Crippen LogP contribution in [0.1, 0.15) is 5.69 Å². The molecule has 112 valence electrons. The maximum absolute atomic E-state index is 11.4. The summed E-state index contributed by atoms with van der Waals surface area (Å²) in [5.74, 6) is 0.948. The van der Waals surface area contributed by atoms with E-state index in [1.807, 2.05) is 21.0 Å². The van der Waals surface area contributed by atoms with Crippen molar-refractivity contribution in [3.05, 3.63) is 36.0 Å². The molecule has 2 N–H and O–H groups in total. The van der Waals surface area contributed by atoms with Crippen molar-refractivity contribution in [3.8, 4) is 0 Å². The van der Waals surface area contributed by atoms with Gasteiger partial charge in [-0.05, 0) is 19.1 Å².